The molecule has 0 heterocycles. The van der Waals surface area contributed by atoms with Gasteiger partial charge in [0.1, 0.15) is 0 Å². The first-order valence-corrected chi connectivity index (χ1v) is 22.8. The van der Waals surface area contributed by atoms with Crippen molar-refractivity contribution < 1.29 is 20.1 Å². The predicted molar refractivity (Wildman–Crippen MR) is 227 cm³/mol. The lowest BCUT2D eigenvalue weighted by molar-refractivity contribution is -0.124. The summed E-state index contributed by atoms with van der Waals surface area (Å²) in [5.41, 5.74) is 0. The summed E-state index contributed by atoms with van der Waals surface area (Å²) < 4.78 is 0. The number of rotatable bonds is 41. The average Bonchev–Trinajstić information content (AvgIpc) is 3.14. The Labute approximate surface area is 324 Å². The fourth-order valence-corrected chi connectivity index (χ4v) is 6.90. The highest BCUT2D eigenvalue weighted by Gasteiger charge is 2.20. The van der Waals surface area contributed by atoms with Crippen molar-refractivity contribution in [2.45, 2.75) is 250 Å². The summed E-state index contributed by atoms with van der Waals surface area (Å²) >= 11 is 0. The molecule has 3 atom stereocenters. The van der Waals surface area contributed by atoms with Gasteiger partial charge in [0.2, 0.25) is 5.91 Å². The number of hydrogen-bond donors (Lipinski definition) is 4. The van der Waals surface area contributed by atoms with Gasteiger partial charge in [-0.25, -0.2) is 0 Å². The summed E-state index contributed by atoms with van der Waals surface area (Å²) in [6, 6.07) is -0.765. The lowest BCUT2D eigenvalue weighted by atomic mass is 10.0. The minimum Gasteiger partial charge on any atom is -0.394 e. The van der Waals surface area contributed by atoms with E-state index in [0.29, 0.717) is 6.42 Å². The zero-order chi connectivity index (χ0) is 38.0. The monoisotopic (exact) mass is 732 g/mol. The van der Waals surface area contributed by atoms with E-state index in [9.17, 15) is 20.1 Å². The highest BCUT2D eigenvalue weighted by molar-refractivity contribution is 5.76. The molecule has 5 heteroatoms. The molecule has 0 spiro atoms. The summed E-state index contributed by atoms with van der Waals surface area (Å²) in [5, 5.41) is 33.2. The number of unbranched alkanes of at least 4 members (excludes halogenated alkanes) is 28. The lowest BCUT2D eigenvalue weighted by Gasteiger charge is -2.21. The molecule has 0 bridgehead atoms. The zero-order valence-corrected chi connectivity index (χ0v) is 34.7. The van der Waals surface area contributed by atoms with E-state index < -0.39 is 18.2 Å². The summed E-state index contributed by atoms with van der Waals surface area (Å²) in [7, 11) is 0. The molecule has 3 unspecified atom stereocenters. The number of nitrogens with one attached hydrogen (secondary N) is 1. The fraction of sp³-hybridized carbons (Fsp3) is 0.851. The summed E-state index contributed by atoms with van der Waals surface area (Å²) in [5.74, 6) is -0.327. The largest absolute Gasteiger partial charge is 0.394 e. The highest BCUT2D eigenvalue weighted by Crippen LogP contribution is 2.16. The summed E-state index contributed by atoms with van der Waals surface area (Å²) in [6.45, 7) is 4.20. The molecule has 0 saturated carbocycles. The van der Waals surface area contributed by atoms with Gasteiger partial charge in [0.15, 0.2) is 0 Å². The summed E-state index contributed by atoms with van der Waals surface area (Å²) in [4.78, 5) is 12.4. The Morgan fingerprint density at radius 2 is 0.827 bits per heavy atom. The van der Waals surface area contributed by atoms with Crippen LogP contribution in [-0.4, -0.2) is 46.1 Å². The van der Waals surface area contributed by atoms with Gasteiger partial charge < -0.3 is 20.6 Å². The molecule has 0 aliphatic heterocycles. The van der Waals surface area contributed by atoms with Crippen LogP contribution in [0.3, 0.4) is 0 Å². The molecule has 5 nitrogen and oxygen atoms in total. The third kappa shape index (κ3) is 38.3. The molecular weight excluding hydrogens is 643 g/mol. The smallest absolute Gasteiger partial charge is 0.222 e. The van der Waals surface area contributed by atoms with Crippen molar-refractivity contribution >= 4 is 5.91 Å². The van der Waals surface area contributed by atoms with E-state index in [1.807, 2.05) is 6.08 Å². The van der Waals surface area contributed by atoms with Crippen LogP contribution in [0.4, 0.5) is 0 Å². The molecule has 0 aromatic carbocycles. The van der Waals surface area contributed by atoms with Gasteiger partial charge in [0.05, 0.1) is 31.3 Å². The van der Waals surface area contributed by atoms with Gasteiger partial charge in [-0.15, -0.1) is 0 Å². The molecule has 0 saturated heterocycles. The van der Waals surface area contributed by atoms with E-state index in [-0.39, 0.29) is 18.9 Å². The van der Waals surface area contributed by atoms with Crippen molar-refractivity contribution in [3.8, 4) is 0 Å². The maximum Gasteiger partial charge on any atom is 0.222 e. The Kier molecular flexibility index (Phi) is 41.1. The van der Waals surface area contributed by atoms with Gasteiger partial charge in [0, 0.05) is 0 Å². The molecule has 0 fully saturated rings. The normalized spacial score (nSPS) is 13.9. The number of aliphatic hydroxyl groups is 3. The van der Waals surface area contributed by atoms with Crippen molar-refractivity contribution in [2.75, 3.05) is 6.61 Å². The number of allylic oxidation sites excluding steroid dienone is 5. The fourth-order valence-electron chi connectivity index (χ4n) is 6.90. The second kappa shape index (κ2) is 42.3. The van der Waals surface area contributed by atoms with Crippen LogP contribution in [-0.2, 0) is 4.79 Å². The molecule has 0 radical (unpaired) electrons. The van der Waals surface area contributed by atoms with Crippen LogP contribution < -0.4 is 5.32 Å². The van der Waals surface area contributed by atoms with Crippen molar-refractivity contribution in [1.82, 2.24) is 5.32 Å². The topological polar surface area (TPSA) is 89.8 Å². The zero-order valence-electron chi connectivity index (χ0n) is 34.7. The molecule has 306 valence electrons. The van der Waals surface area contributed by atoms with Crippen molar-refractivity contribution in [1.29, 1.82) is 0 Å². The van der Waals surface area contributed by atoms with E-state index in [0.717, 1.165) is 38.5 Å². The van der Waals surface area contributed by atoms with Gasteiger partial charge in [-0.2, -0.15) is 0 Å². The van der Waals surface area contributed by atoms with Crippen LogP contribution in [0.2, 0.25) is 0 Å². The molecule has 4 N–H and O–H groups in total. The molecule has 1 amide bonds. The van der Waals surface area contributed by atoms with Crippen molar-refractivity contribution in [3.63, 3.8) is 0 Å². The van der Waals surface area contributed by atoms with Crippen LogP contribution in [0.25, 0.3) is 0 Å². The van der Waals surface area contributed by atoms with Gasteiger partial charge >= 0.3 is 0 Å². The second-order valence-electron chi connectivity index (χ2n) is 15.6. The lowest BCUT2D eigenvalue weighted by Crippen LogP contribution is -2.45. The highest BCUT2D eigenvalue weighted by atomic mass is 16.3. The molecule has 0 aromatic rings. The second-order valence-corrected chi connectivity index (χ2v) is 15.6. The van der Waals surface area contributed by atoms with E-state index in [1.54, 1.807) is 6.08 Å². The molecule has 52 heavy (non-hydrogen) atoms. The number of carbonyl (C=O) groups is 1. The van der Waals surface area contributed by atoms with E-state index in [4.69, 9.17) is 0 Å². The minimum absolute atomic E-state index is 0.00509. The molecule has 0 rings (SSSR count). The Morgan fingerprint density at radius 1 is 0.481 bits per heavy atom. The molecular formula is C47H89NO4. The molecule has 0 aliphatic rings. The van der Waals surface area contributed by atoms with Gasteiger partial charge in [-0.1, -0.05) is 217 Å². The van der Waals surface area contributed by atoms with Crippen molar-refractivity contribution in [3.05, 3.63) is 36.5 Å². The van der Waals surface area contributed by atoms with Crippen LogP contribution in [0.15, 0.2) is 36.5 Å². The third-order valence-electron chi connectivity index (χ3n) is 10.4. The summed E-state index contributed by atoms with van der Waals surface area (Å²) in [6.07, 6.45) is 52.9. The predicted octanol–water partition coefficient (Wildman–Crippen LogP) is 13.2. The van der Waals surface area contributed by atoms with Crippen LogP contribution in [0.1, 0.15) is 232 Å². The first-order valence-electron chi connectivity index (χ1n) is 22.8. The Morgan fingerprint density at radius 3 is 1.23 bits per heavy atom. The van der Waals surface area contributed by atoms with Crippen molar-refractivity contribution in [2.24, 2.45) is 0 Å². The van der Waals surface area contributed by atoms with E-state index in [1.165, 1.54) is 167 Å². The SMILES string of the molecule is CCCCCCCCCCC/C=C/CC/C=C/CC/C=C/C(O)C(CO)NC(=O)CC(O)CCCCCCCCCCCCCCCCCCCC. The Balaban J connectivity index is 3.71. The number of hydrogen-bond acceptors (Lipinski definition) is 4. The third-order valence-corrected chi connectivity index (χ3v) is 10.4. The van der Waals surface area contributed by atoms with Crippen LogP contribution >= 0.6 is 0 Å². The van der Waals surface area contributed by atoms with Gasteiger partial charge in [0.25, 0.3) is 0 Å². The van der Waals surface area contributed by atoms with E-state index in [2.05, 4.69) is 43.5 Å². The van der Waals surface area contributed by atoms with E-state index >= 15 is 0 Å². The molecule has 0 aromatic heterocycles. The number of carbonyl (C=O) groups excluding carboxylic acids is 1. The first kappa shape index (κ1) is 50.6. The maximum atomic E-state index is 12.4. The van der Waals surface area contributed by atoms with Gasteiger partial charge in [-0.05, 0) is 44.9 Å². The minimum atomic E-state index is -0.957. The maximum absolute atomic E-state index is 12.4. The standard InChI is InChI=1S/C47H89NO4/c1-3-5-7-9-11-13-15-17-19-21-23-25-27-29-31-33-35-37-39-41-46(51)45(43-49)48-47(52)42-44(50)40-38-36-34-32-30-28-26-24-22-20-18-16-14-12-10-8-6-4-2/h23,25,31,33,39,41,44-46,49-51H,3-22,24,26-30,32,34-38,40,42-43H2,1-2H3,(H,48,52)/b25-23+,33-31+,41-39+. The van der Waals surface area contributed by atoms with Crippen LogP contribution in [0.5, 0.6) is 0 Å². The Bertz CT molecular complexity index is 809. The quantitative estimate of drug-likeness (QED) is 0.0372. The van der Waals surface area contributed by atoms with Crippen LogP contribution in [0, 0.1) is 0 Å². The number of amides is 1. The van der Waals surface area contributed by atoms with Gasteiger partial charge in [-0.3, -0.25) is 4.79 Å². The molecule has 0 aliphatic carbocycles. The average molecular weight is 732 g/mol. The Hall–Kier alpha value is -1.43. The first-order chi connectivity index (χ1) is 25.5. The number of aliphatic hydroxyl groups excluding tert-OH is 3.